The zero-order valence-electron chi connectivity index (χ0n) is 13.6. The summed E-state index contributed by atoms with van der Waals surface area (Å²) in [6.45, 7) is 0. The van der Waals surface area contributed by atoms with E-state index in [2.05, 4.69) is 20.3 Å². The number of fused-ring (bicyclic) bond motifs is 1. The van der Waals surface area contributed by atoms with E-state index < -0.39 is 0 Å². The van der Waals surface area contributed by atoms with Gasteiger partial charge in [0.25, 0.3) is 0 Å². The Kier molecular flexibility index (Phi) is 4.37. The Labute approximate surface area is 153 Å². The molecule has 128 valence electrons. The molecule has 0 unspecified atom stereocenters. The van der Waals surface area contributed by atoms with Crippen LogP contribution in [0.5, 0.6) is 0 Å². The summed E-state index contributed by atoms with van der Waals surface area (Å²) in [5.41, 5.74) is 8.26. The number of nitrogens with zero attached hydrogens (tertiary/aromatic N) is 3. The van der Waals surface area contributed by atoms with Gasteiger partial charge in [-0.25, -0.2) is 14.4 Å². The molecule has 0 aliphatic heterocycles. The average molecular weight is 363 g/mol. The van der Waals surface area contributed by atoms with Gasteiger partial charge in [0.05, 0.1) is 5.52 Å². The van der Waals surface area contributed by atoms with E-state index in [0.29, 0.717) is 22.2 Å². The Balaban J connectivity index is 1.66. The standard InChI is InChI=1S/C19H14FN5S/c20-13-6-8-14(9-7-13)25-18-16(21)19(24-11-23-18)26-15-5-1-3-12-4-2-10-22-17(12)15/h1-11H,21H2,(H,23,24,25). The molecular weight excluding hydrogens is 349 g/mol. The number of halogens is 1. The number of para-hydroxylation sites is 1. The van der Waals surface area contributed by atoms with Crippen molar-refractivity contribution in [1.29, 1.82) is 0 Å². The first-order valence-corrected chi connectivity index (χ1v) is 8.67. The van der Waals surface area contributed by atoms with E-state index >= 15 is 0 Å². The third-order valence-electron chi connectivity index (χ3n) is 3.76. The van der Waals surface area contributed by atoms with E-state index in [-0.39, 0.29) is 5.82 Å². The van der Waals surface area contributed by atoms with E-state index in [1.54, 1.807) is 18.3 Å². The fourth-order valence-electron chi connectivity index (χ4n) is 2.49. The molecule has 0 spiro atoms. The fourth-order valence-corrected chi connectivity index (χ4v) is 3.42. The molecule has 3 N–H and O–H groups in total. The second kappa shape index (κ2) is 6.97. The Morgan fingerprint density at radius 1 is 0.923 bits per heavy atom. The highest BCUT2D eigenvalue weighted by molar-refractivity contribution is 7.99. The maximum atomic E-state index is 13.1. The summed E-state index contributed by atoms with van der Waals surface area (Å²) in [5, 5.41) is 4.77. The molecule has 0 aliphatic rings. The number of rotatable bonds is 4. The maximum Gasteiger partial charge on any atom is 0.158 e. The number of hydrogen-bond donors (Lipinski definition) is 2. The van der Waals surface area contributed by atoms with Crippen molar-refractivity contribution in [2.24, 2.45) is 0 Å². The molecule has 7 heteroatoms. The number of nitrogens with two attached hydrogens (primary N) is 1. The van der Waals surface area contributed by atoms with Gasteiger partial charge in [-0.3, -0.25) is 4.98 Å². The number of anilines is 3. The molecule has 0 fully saturated rings. The summed E-state index contributed by atoms with van der Waals surface area (Å²) in [6, 6.07) is 15.9. The van der Waals surface area contributed by atoms with E-state index in [1.165, 1.54) is 30.2 Å². The molecule has 0 radical (unpaired) electrons. The van der Waals surface area contributed by atoms with Gasteiger partial charge in [0.15, 0.2) is 5.82 Å². The molecule has 26 heavy (non-hydrogen) atoms. The Bertz CT molecular complexity index is 1060. The quantitative estimate of drug-likeness (QED) is 0.514. The molecule has 2 heterocycles. The van der Waals surface area contributed by atoms with Crippen LogP contribution in [-0.4, -0.2) is 15.0 Å². The molecule has 0 saturated carbocycles. The van der Waals surface area contributed by atoms with Gasteiger partial charge in [0.2, 0.25) is 0 Å². The van der Waals surface area contributed by atoms with E-state index in [9.17, 15) is 4.39 Å². The summed E-state index contributed by atoms with van der Waals surface area (Å²) < 4.78 is 13.1. The summed E-state index contributed by atoms with van der Waals surface area (Å²) in [4.78, 5) is 13.9. The summed E-state index contributed by atoms with van der Waals surface area (Å²) in [7, 11) is 0. The predicted octanol–water partition coefficient (Wildman–Crippen LogP) is 4.64. The Hall–Kier alpha value is -3.19. The third kappa shape index (κ3) is 3.29. The van der Waals surface area contributed by atoms with Crippen LogP contribution in [0.25, 0.3) is 10.9 Å². The lowest BCUT2D eigenvalue weighted by Crippen LogP contribution is -2.02. The molecule has 4 rings (SSSR count). The topological polar surface area (TPSA) is 76.7 Å². The van der Waals surface area contributed by atoms with Gasteiger partial charge in [0, 0.05) is 22.2 Å². The number of pyridine rings is 1. The van der Waals surface area contributed by atoms with Crippen molar-refractivity contribution < 1.29 is 4.39 Å². The van der Waals surface area contributed by atoms with Crippen LogP contribution < -0.4 is 11.1 Å². The SMILES string of the molecule is Nc1c(Nc2ccc(F)cc2)ncnc1Sc1cccc2cccnc12. The average Bonchev–Trinajstić information content (AvgIpc) is 2.67. The van der Waals surface area contributed by atoms with Gasteiger partial charge in [0.1, 0.15) is 22.9 Å². The predicted molar refractivity (Wildman–Crippen MR) is 102 cm³/mol. The minimum Gasteiger partial charge on any atom is -0.394 e. The van der Waals surface area contributed by atoms with Crippen LogP contribution in [0.1, 0.15) is 0 Å². The van der Waals surface area contributed by atoms with Crippen molar-refractivity contribution in [3.8, 4) is 0 Å². The van der Waals surface area contributed by atoms with Crippen molar-refractivity contribution in [3.63, 3.8) is 0 Å². The molecule has 0 aliphatic carbocycles. The zero-order valence-corrected chi connectivity index (χ0v) is 14.4. The first kappa shape index (κ1) is 16.3. The highest BCUT2D eigenvalue weighted by Gasteiger charge is 2.12. The summed E-state index contributed by atoms with van der Waals surface area (Å²) >= 11 is 1.43. The number of hydrogen-bond acceptors (Lipinski definition) is 6. The van der Waals surface area contributed by atoms with Crippen LogP contribution in [-0.2, 0) is 0 Å². The van der Waals surface area contributed by atoms with Gasteiger partial charge in [-0.1, -0.05) is 30.0 Å². The number of aromatic nitrogens is 3. The van der Waals surface area contributed by atoms with Gasteiger partial charge < -0.3 is 11.1 Å². The lowest BCUT2D eigenvalue weighted by Gasteiger charge is -2.11. The van der Waals surface area contributed by atoms with Crippen molar-refractivity contribution >= 4 is 39.9 Å². The number of nitrogens with one attached hydrogen (secondary N) is 1. The van der Waals surface area contributed by atoms with Crippen LogP contribution in [0.3, 0.4) is 0 Å². The van der Waals surface area contributed by atoms with Gasteiger partial charge in [-0.05, 0) is 36.4 Å². The second-order valence-electron chi connectivity index (χ2n) is 5.51. The minimum atomic E-state index is -0.300. The lowest BCUT2D eigenvalue weighted by molar-refractivity contribution is 0.628. The maximum absolute atomic E-state index is 13.1. The van der Waals surface area contributed by atoms with Crippen molar-refractivity contribution in [2.45, 2.75) is 9.92 Å². The van der Waals surface area contributed by atoms with Crippen LogP contribution in [0.4, 0.5) is 21.6 Å². The monoisotopic (exact) mass is 363 g/mol. The minimum absolute atomic E-state index is 0.300. The van der Waals surface area contributed by atoms with Crippen molar-refractivity contribution in [1.82, 2.24) is 15.0 Å². The number of nitrogen functional groups attached to an aromatic ring is 1. The highest BCUT2D eigenvalue weighted by Crippen LogP contribution is 2.36. The van der Waals surface area contributed by atoms with Crippen LogP contribution in [0.2, 0.25) is 0 Å². The van der Waals surface area contributed by atoms with E-state index in [1.807, 2.05) is 30.3 Å². The second-order valence-corrected chi connectivity index (χ2v) is 6.54. The highest BCUT2D eigenvalue weighted by atomic mass is 32.2. The molecule has 2 aromatic carbocycles. The van der Waals surface area contributed by atoms with Gasteiger partial charge >= 0.3 is 0 Å². The van der Waals surface area contributed by atoms with E-state index in [0.717, 1.165) is 15.8 Å². The molecule has 4 aromatic rings. The van der Waals surface area contributed by atoms with Crippen molar-refractivity contribution in [2.75, 3.05) is 11.1 Å². The number of benzene rings is 2. The summed E-state index contributed by atoms with van der Waals surface area (Å²) in [6.07, 6.45) is 3.21. The molecule has 0 saturated heterocycles. The largest absolute Gasteiger partial charge is 0.394 e. The molecule has 0 atom stereocenters. The molecular formula is C19H14FN5S. The smallest absolute Gasteiger partial charge is 0.158 e. The normalized spacial score (nSPS) is 10.8. The first-order valence-electron chi connectivity index (χ1n) is 7.85. The molecule has 2 aromatic heterocycles. The Morgan fingerprint density at radius 3 is 2.58 bits per heavy atom. The molecule has 0 bridgehead atoms. The van der Waals surface area contributed by atoms with Crippen LogP contribution in [0.15, 0.2) is 77.0 Å². The lowest BCUT2D eigenvalue weighted by atomic mass is 10.2. The fraction of sp³-hybridized carbons (Fsp3) is 0. The van der Waals surface area contributed by atoms with E-state index in [4.69, 9.17) is 5.73 Å². The zero-order chi connectivity index (χ0) is 17.9. The van der Waals surface area contributed by atoms with Crippen LogP contribution in [0, 0.1) is 5.82 Å². The molecule has 5 nitrogen and oxygen atoms in total. The van der Waals surface area contributed by atoms with Crippen LogP contribution >= 0.6 is 11.8 Å². The Morgan fingerprint density at radius 2 is 1.73 bits per heavy atom. The third-order valence-corrected chi connectivity index (χ3v) is 4.82. The first-order chi connectivity index (χ1) is 12.7. The van der Waals surface area contributed by atoms with Crippen molar-refractivity contribution in [3.05, 3.63) is 72.9 Å². The van der Waals surface area contributed by atoms with Gasteiger partial charge in [-0.2, -0.15) is 0 Å². The van der Waals surface area contributed by atoms with Gasteiger partial charge in [-0.15, -0.1) is 0 Å². The summed E-state index contributed by atoms with van der Waals surface area (Å²) in [5.74, 6) is 0.174. The molecule has 0 amide bonds.